The number of hydrogen-bond donors (Lipinski definition) is 1. The topological polar surface area (TPSA) is 59.4 Å². The Morgan fingerprint density at radius 3 is 2.31 bits per heavy atom. The van der Waals surface area contributed by atoms with Gasteiger partial charge >= 0.3 is 0 Å². The van der Waals surface area contributed by atoms with Crippen LogP contribution in [0.2, 0.25) is 0 Å². The Hall–Kier alpha value is -3.00. The number of carbonyl (C=O) groups excluding carboxylic acids is 1. The molecule has 5 nitrogen and oxygen atoms in total. The van der Waals surface area contributed by atoms with Gasteiger partial charge in [-0.1, -0.05) is 12.2 Å². The third-order valence-electron chi connectivity index (χ3n) is 4.05. The van der Waals surface area contributed by atoms with E-state index in [1.54, 1.807) is 12.2 Å². The lowest BCUT2D eigenvalue weighted by atomic mass is 10.1. The minimum absolute atomic E-state index is 0.0425. The molecule has 1 N–H and O–H groups in total. The first-order valence-electron chi connectivity index (χ1n) is 8.75. The van der Waals surface area contributed by atoms with Gasteiger partial charge in [0.1, 0.15) is 11.6 Å². The van der Waals surface area contributed by atoms with E-state index in [1.165, 1.54) is 11.1 Å². The molecule has 26 heavy (non-hydrogen) atoms. The van der Waals surface area contributed by atoms with Crippen molar-refractivity contribution in [3.05, 3.63) is 60.8 Å². The van der Waals surface area contributed by atoms with Gasteiger partial charge in [-0.15, -0.1) is 13.2 Å². The first kappa shape index (κ1) is 21.0. The van der Waals surface area contributed by atoms with Crippen LogP contribution in [0.3, 0.4) is 0 Å². The summed E-state index contributed by atoms with van der Waals surface area (Å²) in [5.74, 6) is -0.350. The van der Waals surface area contributed by atoms with Crippen molar-refractivity contribution < 1.29 is 4.79 Å². The van der Waals surface area contributed by atoms with Crippen LogP contribution in [0.25, 0.3) is 0 Å². The van der Waals surface area contributed by atoms with Crippen LogP contribution in [0.15, 0.2) is 55.3 Å². The molecule has 0 unspecified atom stereocenters. The molecule has 0 radical (unpaired) electrons. The second-order valence-electron chi connectivity index (χ2n) is 5.77. The Morgan fingerprint density at radius 2 is 1.85 bits per heavy atom. The van der Waals surface area contributed by atoms with Crippen LogP contribution in [0.4, 0.5) is 11.4 Å². The van der Waals surface area contributed by atoms with E-state index in [0.29, 0.717) is 13.1 Å². The standard InChI is InChI=1S/C21H28N4O/c1-6-12-25(13-7-2)21(26)18(15-22)16-23-20-11-10-19(14-17(20)5)24(8-3)9-4/h6-7,10-11,14,16,23H,1-2,8-9,12-13H2,3-5H3/b18-16-. The smallest absolute Gasteiger partial charge is 0.266 e. The zero-order chi connectivity index (χ0) is 19.5. The van der Waals surface area contributed by atoms with Gasteiger partial charge in [0.05, 0.1) is 0 Å². The number of nitrogens with one attached hydrogen (secondary N) is 1. The number of nitriles is 1. The summed E-state index contributed by atoms with van der Waals surface area (Å²) in [5.41, 5.74) is 3.10. The highest BCUT2D eigenvalue weighted by Gasteiger charge is 2.16. The molecule has 0 fully saturated rings. The van der Waals surface area contributed by atoms with E-state index in [1.807, 2.05) is 25.1 Å². The molecule has 0 aliphatic rings. The summed E-state index contributed by atoms with van der Waals surface area (Å²) in [6.07, 6.45) is 4.71. The van der Waals surface area contributed by atoms with Crippen molar-refractivity contribution in [3.8, 4) is 6.07 Å². The Kier molecular flexibility index (Phi) is 8.72. The zero-order valence-electron chi connectivity index (χ0n) is 16.0. The van der Waals surface area contributed by atoms with E-state index in [-0.39, 0.29) is 11.5 Å². The molecule has 0 spiro atoms. The van der Waals surface area contributed by atoms with E-state index in [9.17, 15) is 10.1 Å². The third-order valence-corrected chi connectivity index (χ3v) is 4.05. The molecule has 0 aliphatic carbocycles. The molecule has 1 aromatic carbocycles. The maximum absolute atomic E-state index is 12.5. The number of anilines is 2. The highest BCUT2D eigenvalue weighted by Crippen LogP contribution is 2.23. The number of benzene rings is 1. The molecule has 0 bridgehead atoms. The Labute approximate surface area is 156 Å². The molecular formula is C21H28N4O. The first-order chi connectivity index (χ1) is 12.5. The molecule has 5 heteroatoms. The van der Waals surface area contributed by atoms with Crippen molar-refractivity contribution in [3.63, 3.8) is 0 Å². The van der Waals surface area contributed by atoms with E-state index in [0.717, 1.165) is 30.0 Å². The van der Waals surface area contributed by atoms with Gasteiger partial charge in [-0.2, -0.15) is 5.26 Å². The second kappa shape index (κ2) is 10.8. The van der Waals surface area contributed by atoms with Crippen molar-refractivity contribution in [2.45, 2.75) is 20.8 Å². The summed E-state index contributed by atoms with van der Waals surface area (Å²) in [6, 6.07) is 8.06. The average molecular weight is 352 g/mol. The lowest BCUT2D eigenvalue weighted by Crippen LogP contribution is -2.32. The lowest BCUT2D eigenvalue weighted by Gasteiger charge is -2.22. The van der Waals surface area contributed by atoms with Gasteiger partial charge in [0.2, 0.25) is 0 Å². The van der Waals surface area contributed by atoms with Crippen LogP contribution in [0.5, 0.6) is 0 Å². The van der Waals surface area contributed by atoms with Gasteiger partial charge in [-0.05, 0) is 44.5 Å². The van der Waals surface area contributed by atoms with Crippen LogP contribution in [0.1, 0.15) is 19.4 Å². The number of rotatable bonds is 10. The van der Waals surface area contributed by atoms with Crippen LogP contribution < -0.4 is 10.2 Å². The SMILES string of the molecule is C=CCN(CC=C)C(=O)/C(C#N)=C\Nc1ccc(N(CC)CC)cc1C. The lowest BCUT2D eigenvalue weighted by molar-refractivity contribution is -0.125. The third kappa shape index (κ3) is 5.52. The van der Waals surface area contributed by atoms with Gasteiger partial charge < -0.3 is 15.1 Å². The number of amides is 1. The summed E-state index contributed by atoms with van der Waals surface area (Å²) in [7, 11) is 0. The van der Waals surface area contributed by atoms with Gasteiger partial charge in [0, 0.05) is 43.8 Å². The number of aryl methyl sites for hydroxylation is 1. The van der Waals surface area contributed by atoms with E-state index >= 15 is 0 Å². The minimum atomic E-state index is -0.350. The van der Waals surface area contributed by atoms with Crippen molar-refractivity contribution in [2.75, 3.05) is 36.4 Å². The molecule has 138 valence electrons. The highest BCUT2D eigenvalue weighted by atomic mass is 16.2. The largest absolute Gasteiger partial charge is 0.372 e. The van der Waals surface area contributed by atoms with Gasteiger partial charge in [0.25, 0.3) is 5.91 Å². The first-order valence-corrected chi connectivity index (χ1v) is 8.75. The van der Waals surface area contributed by atoms with Crippen LogP contribution in [-0.4, -0.2) is 37.0 Å². The highest BCUT2D eigenvalue weighted by molar-refractivity contribution is 5.97. The molecule has 1 rings (SSSR count). The minimum Gasteiger partial charge on any atom is -0.372 e. The molecule has 1 aromatic rings. The fraction of sp³-hybridized carbons (Fsp3) is 0.333. The number of hydrogen-bond acceptors (Lipinski definition) is 4. The van der Waals surface area contributed by atoms with E-state index in [4.69, 9.17) is 0 Å². The monoisotopic (exact) mass is 352 g/mol. The molecule has 1 amide bonds. The summed E-state index contributed by atoms with van der Waals surface area (Å²) < 4.78 is 0. The second-order valence-corrected chi connectivity index (χ2v) is 5.77. The maximum Gasteiger partial charge on any atom is 0.266 e. The van der Waals surface area contributed by atoms with Gasteiger partial charge in [-0.25, -0.2) is 0 Å². The van der Waals surface area contributed by atoms with Crippen LogP contribution >= 0.6 is 0 Å². The maximum atomic E-state index is 12.5. The number of carbonyl (C=O) groups is 1. The molecule has 0 atom stereocenters. The van der Waals surface area contributed by atoms with Gasteiger partial charge in [-0.3, -0.25) is 4.79 Å². The summed E-state index contributed by atoms with van der Waals surface area (Å²) in [4.78, 5) is 16.2. The van der Waals surface area contributed by atoms with Crippen molar-refractivity contribution in [1.82, 2.24) is 4.90 Å². The number of nitrogens with zero attached hydrogens (tertiary/aromatic N) is 3. The Balaban J connectivity index is 2.99. The molecule has 0 heterocycles. The quantitative estimate of drug-likeness (QED) is 0.395. The normalized spacial score (nSPS) is 10.6. The average Bonchev–Trinajstić information content (AvgIpc) is 2.64. The summed E-state index contributed by atoms with van der Waals surface area (Å²) in [6.45, 7) is 16.1. The van der Waals surface area contributed by atoms with Gasteiger partial charge in [0.15, 0.2) is 0 Å². The predicted molar refractivity (Wildman–Crippen MR) is 109 cm³/mol. The van der Waals surface area contributed by atoms with Crippen molar-refractivity contribution in [2.24, 2.45) is 0 Å². The van der Waals surface area contributed by atoms with Crippen LogP contribution in [-0.2, 0) is 4.79 Å². The predicted octanol–water partition coefficient (Wildman–Crippen LogP) is 3.86. The fourth-order valence-electron chi connectivity index (χ4n) is 2.61. The summed E-state index contributed by atoms with van der Waals surface area (Å²) in [5, 5.41) is 12.4. The van der Waals surface area contributed by atoms with Crippen molar-refractivity contribution >= 4 is 17.3 Å². The Bertz CT molecular complexity index is 701. The fourth-order valence-corrected chi connectivity index (χ4v) is 2.61. The molecule has 0 aliphatic heterocycles. The summed E-state index contributed by atoms with van der Waals surface area (Å²) >= 11 is 0. The van der Waals surface area contributed by atoms with E-state index in [2.05, 4.69) is 43.3 Å². The molecular weight excluding hydrogens is 324 g/mol. The van der Waals surface area contributed by atoms with E-state index < -0.39 is 0 Å². The van der Waals surface area contributed by atoms with Crippen LogP contribution in [0, 0.1) is 18.3 Å². The molecule has 0 saturated carbocycles. The Morgan fingerprint density at radius 1 is 1.23 bits per heavy atom. The zero-order valence-corrected chi connectivity index (χ0v) is 16.0. The van der Waals surface area contributed by atoms with Crippen molar-refractivity contribution in [1.29, 1.82) is 5.26 Å². The molecule has 0 saturated heterocycles. The molecule has 0 aromatic heterocycles.